The molecule has 0 aromatic heterocycles. The summed E-state index contributed by atoms with van der Waals surface area (Å²) in [4.78, 5) is 13.0. The van der Waals surface area contributed by atoms with Crippen LogP contribution in [0.3, 0.4) is 0 Å². The number of benzene rings is 1. The van der Waals surface area contributed by atoms with Crippen molar-refractivity contribution in [3.63, 3.8) is 0 Å². The Bertz CT molecular complexity index is 539. The number of carbonyl (C=O) groups is 1. The number of rotatable bonds is 3. The van der Waals surface area contributed by atoms with Gasteiger partial charge in [0.1, 0.15) is 5.82 Å². The maximum atomic E-state index is 13.2. The van der Waals surface area contributed by atoms with Crippen molar-refractivity contribution in [1.29, 1.82) is 5.26 Å². The number of hydrogen-bond donors (Lipinski definition) is 1. The minimum absolute atomic E-state index is 0.0663. The average molecular weight is 262 g/mol. The topological polar surface area (TPSA) is 64.3 Å². The first-order chi connectivity index (χ1) is 9.01. The lowest BCUT2D eigenvalue weighted by molar-refractivity contribution is -0.142. The van der Waals surface area contributed by atoms with E-state index in [2.05, 4.69) is 0 Å². The Hall–Kier alpha value is -1.93. The molecule has 1 N–H and O–H groups in total. The molecule has 100 valence electrons. The van der Waals surface area contributed by atoms with Crippen molar-refractivity contribution < 1.29 is 14.3 Å². The van der Waals surface area contributed by atoms with Gasteiger partial charge in [-0.05, 0) is 29.7 Å². The number of halogens is 1. The monoisotopic (exact) mass is 262 g/mol. The second-order valence-corrected chi connectivity index (χ2v) is 5.03. The largest absolute Gasteiger partial charge is 0.481 e. The Balaban J connectivity index is 2.13. The van der Waals surface area contributed by atoms with Gasteiger partial charge in [-0.2, -0.15) is 5.26 Å². The second-order valence-electron chi connectivity index (χ2n) is 5.03. The number of carboxylic acid groups (broad SMARTS) is 1. The van der Waals surface area contributed by atoms with Crippen molar-refractivity contribution in [2.75, 3.05) is 13.1 Å². The first kappa shape index (κ1) is 13.5. The molecule has 0 aliphatic carbocycles. The highest BCUT2D eigenvalue weighted by atomic mass is 19.1. The molecule has 2 unspecified atom stereocenters. The highest BCUT2D eigenvalue weighted by molar-refractivity contribution is 5.71. The van der Waals surface area contributed by atoms with Crippen molar-refractivity contribution in [3.05, 3.63) is 35.1 Å². The third-order valence-electron chi connectivity index (χ3n) is 3.59. The van der Waals surface area contributed by atoms with Gasteiger partial charge in [0.25, 0.3) is 0 Å². The highest BCUT2D eigenvalue weighted by Crippen LogP contribution is 2.25. The smallest absolute Gasteiger partial charge is 0.308 e. The van der Waals surface area contributed by atoms with Gasteiger partial charge in [0.05, 0.1) is 17.6 Å². The SMILES string of the molecule is CC1CN(Cc2cc(F)ccc2C#N)CC1C(=O)O. The Morgan fingerprint density at radius 1 is 1.58 bits per heavy atom. The Labute approximate surface area is 111 Å². The van der Waals surface area contributed by atoms with E-state index < -0.39 is 5.97 Å². The van der Waals surface area contributed by atoms with E-state index in [0.717, 1.165) is 0 Å². The van der Waals surface area contributed by atoms with Crippen LogP contribution in [-0.4, -0.2) is 29.1 Å². The number of likely N-dealkylation sites (tertiary alicyclic amines) is 1. The molecule has 2 atom stereocenters. The lowest BCUT2D eigenvalue weighted by atomic mass is 9.99. The van der Waals surface area contributed by atoms with Gasteiger partial charge in [0, 0.05) is 19.6 Å². The molecule has 1 heterocycles. The summed E-state index contributed by atoms with van der Waals surface area (Å²) in [6.07, 6.45) is 0. The molecule has 1 aliphatic heterocycles. The molecule has 0 saturated carbocycles. The lowest BCUT2D eigenvalue weighted by Crippen LogP contribution is -2.23. The third kappa shape index (κ3) is 2.91. The first-order valence-electron chi connectivity index (χ1n) is 6.15. The Morgan fingerprint density at radius 2 is 2.32 bits per heavy atom. The number of hydrogen-bond acceptors (Lipinski definition) is 3. The van der Waals surface area contributed by atoms with E-state index in [0.29, 0.717) is 30.8 Å². The highest BCUT2D eigenvalue weighted by Gasteiger charge is 2.34. The van der Waals surface area contributed by atoms with Crippen LogP contribution in [0.5, 0.6) is 0 Å². The summed E-state index contributed by atoms with van der Waals surface area (Å²) in [6.45, 7) is 3.40. The molecule has 0 spiro atoms. The predicted molar refractivity (Wildman–Crippen MR) is 66.7 cm³/mol. The zero-order chi connectivity index (χ0) is 14.0. The third-order valence-corrected chi connectivity index (χ3v) is 3.59. The van der Waals surface area contributed by atoms with Gasteiger partial charge in [0.2, 0.25) is 0 Å². The number of carboxylic acids is 1. The van der Waals surface area contributed by atoms with Crippen LogP contribution < -0.4 is 0 Å². The number of aliphatic carboxylic acids is 1. The summed E-state index contributed by atoms with van der Waals surface area (Å²) in [5.74, 6) is -1.50. The van der Waals surface area contributed by atoms with Crippen LogP contribution >= 0.6 is 0 Å². The fourth-order valence-corrected chi connectivity index (χ4v) is 2.56. The molecular formula is C14H15FN2O2. The lowest BCUT2D eigenvalue weighted by Gasteiger charge is -2.16. The van der Waals surface area contributed by atoms with Gasteiger partial charge in [-0.1, -0.05) is 6.92 Å². The molecule has 5 heteroatoms. The van der Waals surface area contributed by atoms with Crippen molar-refractivity contribution in [3.8, 4) is 6.07 Å². The van der Waals surface area contributed by atoms with Crippen LogP contribution in [0.2, 0.25) is 0 Å². The van der Waals surface area contributed by atoms with Gasteiger partial charge in [-0.25, -0.2) is 4.39 Å². The average Bonchev–Trinajstić information content (AvgIpc) is 2.71. The van der Waals surface area contributed by atoms with Crippen LogP contribution in [0.4, 0.5) is 4.39 Å². The van der Waals surface area contributed by atoms with Crippen LogP contribution in [0, 0.1) is 29.0 Å². The molecule has 2 rings (SSSR count). The summed E-state index contributed by atoms with van der Waals surface area (Å²) in [7, 11) is 0. The van der Waals surface area contributed by atoms with E-state index >= 15 is 0 Å². The number of nitrogens with zero attached hydrogens (tertiary/aromatic N) is 2. The van der Waals surface area contributed by atoms with Gasteiger partial charge in [-0.3, -0.25) is 9.69 Å². The summed E-state index contributed by atoms with van der Waals surface area (Å²) < 4.78 is 13.2. The van der Waals surface area contributed by atoms with Crippen molar-refractivity contribution >= 4 is 5.97 Å². The molecule has 1 aromatic carbocycles. The molecule has 4 nitrogen and oxygen atoms in total. The second kappa shape index (κ2) is 5.37. The molecular weight excluding hydrogens is 247 g/mol. The summed E-state index contributed by atoms with van der Waals surface area (Å²) >= 11 is 0. The summed E-state index contributed by atoms with van der Waals surface area (Å²) in [5, 5.41) is 18.1. The van der Waals surface area contributed by atoms with Crippen molar-refractivity contribution in [2.24, 2.45) is 11.8 Å². The molecule has 19 heavy (non-hydrogen) atoms. The molecule has 0 amide bonds. The molecule has 0 bridgehead atoms. The standard InChI is InChI=1S/C14H15FN2O2/c1-9-6-17(8-13(9)14(18)19)7-11-4-12(15)3-2-10(11)5-16/h2-4,9,13H,6-8H2,1H3,(H,18,19). The van der Waals surface area contributed by atoms with Crippen LogP contribution in [-0.2, 0) is 11.3 Å². The van der Waals surface area contributed by atoms with E-state index in [1.54, 1.807) is 0 Å². The Morgan fingerprint density at radius 3 is 2.89 bits per heavy atom. The first-order valence-corrected chi connectivity index (χ1v) is 6.15. The zero-order valence-electron chi connectivity index (χ0n) is 10.6. The van der Waals surface area contributed by atoms with E-state index in [-0.39, 0.29) is 17.7 Å². The van der Waals surface area contributed by atoms with Gasteiger partial charge >= 0.3 is 5.97 Å². The van der Waals surface area contributed by atoms with Crippen LogP contribution in [0.25, 0.3) is 0 Å². The van der Waals surface area contributed by atoms with Gasteiger partial charge in [-0.15, -0.1) is 0 Å². The quantitative estimate of drug-likeness (QED) is 0.903. The van der Waals surface area contributed by atoms with Gasteiger partial charge in [0.15, 0.2) is 0 Å². The maximum absolute atomic E-state index is 13.2. The van der Waals surface area contributed by atoms with Crippen LogP contribution in [0.1, 0.15) is 18.1 Å². The minimum Gasteiger partial charge on any atom is -0.481 e. The van der Waals surface area contributed by atoms with Crippen molar-refractivity contribution in [2.45, 2.75) is 13.5 Å². The Kier molecular flexibility index (Phi) is 3.82. The molecule has 1 aromatic rings. The predicted octanol–water partition coefficient (Wildman–Crippen LogP) is 1.85. The molecule has 1 aliphatic rings. The maximum Gasteiger partial charge on any atom is 0.308 e. The minimum atomic E-state index is -0.797. The molecule has 1 fully saturated rings. The zero-order valence-corrected chi connectivity index (χ0v) is 10.6. The fourth-order valence-electron chi connectivity index (χ4n) is 2.56. The van der Waals surface area contributed by atoms with E-state index in [9.17, 15) is 9.18 Å². The number of nitriles is 1. The molecule has 0 radical (unpaired) electrons. The summed E-state index contributed by atoms with van der Waals surface area (Å²) in [6, 6.07) is 6.09. The normalized spacial score (nSPS) is 23.2. The van der Waals surface area contributed by atoms with Crippen molar-refractivity contribution in [1.82, 2.24) is 4.90 Å². The van der Waals surface area contributed by atoms with Crippen LogP contribution in [0.15, 0.2) is 18.2 Å². The van der Waals surface area contributed by atoms with E-state index in [1.165, 1.54) is 18.2 Å². The van der Waals surface area contributed by atoms with E-state index in [4.69, 9.17) is 10.4 Å². The van der Waals surface area contributed by atoms with E-state index in [1.807, 2.05) is 17.9 Å². The van der Waals surface area contributed by atoms with Gasteiger partial charge < -0.3 is 5.11 Å². The molecule has 1 saturated heterocycles. The fraction of sp³-hybridized carbons (Fsp3) is 0.429. The summed E-state index contributed by atoms with van der Waals surface area (Å²) in [5.41, 5.74) is 1.05.